The number of nitrogens with one attached hydrogen (secondary N) is 1. The summed E-state index contributed by atoms with van der Waals surface area (Å²) in [4.78, 5) is 16.5. The Balaban J connectivity index is 1.74. The molecular weight excluding hydrogens is 300 g/mol. The molecule has 0 bridgehead atoms. The Bertz CT molecular complexity index is 899. The maximum atomic E-state index is 11.9. The molecule has 0 saturated carbocycles. The Morgan fingerprint density at radius 2 is 2.04 bits per heavy atom. The van der Waals surface area contributed by atoms with Gasteiger partial charge in [-0.3, -0.25) is 9.78 Å². The minimum absolute atomic E-state index is 0.0429. The van der Waals surface area contributed by atoms with Crippen molar-refractivity contribution in [3.8, 4) is 5.69 Å². The molecule has 1 amide bonds. The number of benzene rings is 1. The number of carbonyl (C=O) groups excluding carboxylic acids is 1. The first-order valence-corrected chi connectivity index (χ1v) is 8.07. The molecule has 3 aromatic rings. The zero-order chi connectivity index (χ0) is 16.5. The lowest BCUT2D eigenvalue weighted by molar-refractivity contribution is 0.0945. The quantitative estimate of drug-likeness (QED) is 0.807. The molecule has 0 spiro atoms. The molecule has 120 valence electrons. The van der Waals surface area contributed by atoms with Gasteiger partial charge in [0.15, 0.2) is 0 Å². The number of rotatable bonds is 3. The van der Waals surface area contributed by atoms with Crippen LogP contribution in [0.4, 0.5) is 0 Å². The SMILES string of the molecule is Cc1cnc(Cc2ccccc2)cc1-n1ncc2c1CCNC2=O. The van der Waals surface area contributed by atoms with Gasteiger partial charge in [-0.2, -0.15) is 5.10 Å². The maximum Gasteiger partial charge on any atom is 0.254 e. The summed E-state index contributed by atoms with van der Waals surface area (Å²) in [6, 6.07) is 12.4. The molecule has 0 radical (unpaired) electrons. The summed E-state index contributed by atoms with van der Waals surface area (Å²) >= 11 is 0. The molecule has 0 aliphatic carbocycles. The second-order valence-corrected chi connectivity index (χ2v) is 6.05. The monoisotopic (exact) mass is 318 g/mol. The molecule has 1 N–H and O–H groups in total. The van der Waals surface area contributed by atoms with Crippen molar-refractivity contribution in [2.45, 2.75) is 19.8 Å². The van der Waals surface area contributed by atoms with Crippen LogP contribution in [-0.4, -0.2) is 27.2 Å². The van der Waals surface area contributed by atoms with Crippen molar-refractivity contribution in [2.24, 2.45) is 0 Å². The van der Waals surface area contributed by atoms with Gasteiger partial charge in [-0.15, -0.1) is 0 Å². The van der Waals surface area contributed by atoms with Crippen LogP contribution in [-0.2, 0) is 12.8 Å². The number of aromatic nitrogens is 3. The van der Waals surface area contributed by atoms with Crippen LogP contribution in [0.1, 0.15) is 32.9 Å². The standard InChI is InChI=1S/C19H18N4O/c1-13-11-21-15(9-14-5-3-2-4-6-14)10-18(13)23-17-7-8-20-19(24)16(17)12-22-23/h2-6,10-12H,7-9H2,1H3,(H,20,24). The smallest absolute Gasteiger partial charge is 0.254 e. The zero-order valence-corrected chi connectivity index (χ0v) is 13.5. The van der Waals surface area contributed by atoms with Crippen molar-refractivity contribution in [1.29, 1.82) is 0 Å². The number of carbonyl (C=O) groups is 1. The van der Waals surface area contributed by atoms with E-state index in [0.717, 1.165) is 35.5 Å². The average molecular weight is 318 g/mol. The fourth-order valence-electron chi connectivity index (χ4n) is 3.09. The molecule has 0 unspecified atom stereocenters. The van der Waals surface area contributed by atoms with Crippen molar-refractivity contribution in [1.82, 2.24) is 20.1 Å². The summed E-state index contributed by atoms with van der Waals surface area (Å²) in [5.41, 5.74) is 5.89. The lowest BCUT2D eigenvalue weighted by Crippen LogP contribution is -2.32. The van der Waals surface area contributed by atoms with E-state index >= 15 is 0 Å². The van der Waals surface area contributed by atoms with Gasteiger partial charge in [0.25, 0.3) is 5.91 Å². The highest BCUT2D eigenvalue weighted by atomic mass is 16.1. The molecule has 0 saturated heterocycles. The number of hydrogen-bond donors (Lipinski definition) is 1. The molecule has 4 rings (SSSR count). The third-order valence-corrected chi connectivity index (χ3v) is 4.35. The van der Waals surface area contributed by atoms with E-state index in [-0.39, 0.29) is 5.91 Å². The third kappa shape index (κ3) is 2.58. The number of hydrogen-bond acceptors (Lipinski definition) is 3. The van der Waals surface area contributed by atoms with E-state index in [0.29, 0.717) is 12.1 Å². The molecule has 2 aromatic heterocycles. The van der Waals surface area contributed by atoms with Gasteiger partial charge in [0.2, 0.25) is 0 Å². The van der Waals surface area contributed by atoms with Gasteiger partial charge in [-0.05, 0) is 24.1 Å². The van der Waals surface area contributed by atoms with Crippen LogP contribution in [0.15, 0.2) is 48.8 Å². The Labute approximate surface area is 140 Å². The van der Waals surface area contributed by atoms with Crippen LogP contribution in [0.3, 0.4) is 0 Å². The number of amides is 1. The minimum Gasteiger partial charge on any atom is -0.352 e. The molecule has 24 heavy (non-hydrogen) atoms. The van der Waals surface area contributed by atoms with Crippen LogP contribution in [0, 0.1) is 6.92 Å². The van der Waals surface area contributed by atoms with Crippen molar-refractivity contribution >= 4 is 5.91 Å². The van der Waals surface area contributed by atoms with Crippen LogP contribution < -0.4 is 5.32 Å². The Morgan fingerprint density at radius 1 is 1.21 bits per heavy atom. The molecule has 5 nitrogen and oxygen atoms in total. The third-order valence-electron chi connectivity index (χ3n) is 4.35. The van der Waals surface area contributed by atoms with Crippen LogP contribution >= 0.6 is 0 Å². The van der Waals surface area contributed by atoms with Crippen molar-refractivity contribution in [2.75, 3.05) is 6.54 Å². The molecule has 1 aliphatic heterocycles. The summed E-state index contributed by atoms with van der Waals surface area (Å²) in [5.74, 6) is -0.0429. The van der Waals surface area contributed by atoms with Crippen LogP contribution in [0.25, 0.3) is 5.69 Å². The molecule has 3 heterocycles. The number of nitrogens with zero attached hydrogens (tertiary/aromatic N) is 3. The summed E-state index contributed by atoms with van der Waals surface area (Å²) in [5, 5.41) is 7.31. The second-order valence-electron chi connectivity index (χ2n) is 6.05. The fraction of sp³-hybridized carbons (Fsp3) is 0.211. The van der Waals surface area contributed by atoms with E-state index in [4.69, 9.17) is 0 Å². The van der Waals surface area contributed by atoms with Gasteiger partial charge in [-0.25, -0.2) is 4.68 Å². The Morgan fingerprint density at radius 3 is 2.88 bits per heavy atom. The first-order chi connectivity index (χ1) is 11.7. The average Bonchev–Trinajstić information content (AvgIpc) is 3.03. The van der Waals surface area contributed by atoms with E-state index < -0.39 is 0 Å². The topological polar surface area (TPSA) is 59.8 Å². The van der Waals surface area contributed by atoms with Crippen molar-refractivity contribution in [3.63, 3.8) is 0 Å². The summed E-state index contributed by atoms with van der Waals surface area (Å²) in [7, 11) is 0. The summed E-state index contributed by atoms with van der Waals surface area (Å²) < 4.78 is 1.89. The highest BCUT2D eigenvalue weighted by Crippen LogP contribution is 2.21. The number of pyridine rings is 1. The predicted molar refractivity (Wildman–Crippen MR) is 91.4 cm³/mol. The molecule has 1 aliphatic rings. The van der Waals surface area contributed by atoms with Gasteiger partial charge in [-0.1, -0.05) is 30.3 Å². The second kappa shape index (κ2) is 5.92. The molecular formula is C19H18N4O. The molecule has 0 atom stereocenters. The molecule has 0 fully saturated rings. The van der Waals surface area contributed by atoms with E-state index in [1.807, 2.05) is 36.0 Å². The van der Waals surface area contributed by atoms with Crippen molar-refractivity contribution < 1.29 is 4.79 Å². The summed E-state index contributed by atoms with van der Waals surface area (Å²) in [6.45, 7) is 2.67. The zero-order valence-electron chi connectivity index (χ0n) is 13.5. The van der Waals surface area contributed by atoms with E-state index in [1.54, 1.807) is 6.20 Å². The van der Waals surface area contributed by atoms with Crippen molar-refractivity contribution in [3.05, 3.63) is 76.9 Å². The Hall–Kier alpha value is -2.95. The van der Waals surface area contributed by atoms with Gasteiger partial charge in [0, 0.05) is 31.3 Å². The predicted octanol–water partition coefficient (Wildman–Crippen LogP) is 2.45. The number of aryl methyl sites for hydroxylation is 1. The largest absolute Gasteiger partial charge is 0.352 e. The Kier molecular flexibility index (Phi) is 3.61. The van der Waals surface area contributed by atoms with Crippen LogP contribution in [0.2, 0.25) is 0 Å². The first kappa shape index (κ1) is 14.6. The van der Waals surface area contributed by atoms with Gasteiger partial charge >= 0.3 is 0 Å². The maximum absolute atomic E-state index is 11.9. The normalized spacial score (nSPS) is 13.5. The van der Waals surface area contributed by atoms with Gasteiger partial charge in [0.1, 0.15) is 0 Å². The lowest BCUT2D eigenvalue weighted by Gasteiger charge is -2.16. The highest BCUT2D eigenvalue weighted by molar-refractivity contribution is 5.96. The first-order valence-electron chi connectivity index (χ1n) is 8.07. The van der Waals surface area contributed by atoms with E-state index in [9.17, 15) is 4.79 Å². The number of fused-ring (bicyclic) bond motifs is 1. The van der Waals surface area contributed by atoms with E-state index in [2.05, 4.69) is 33.6 Å². The van der Waals surface area contributed by atoms with Gasteiger partial charge < -0.3 is 5.32 Å². The lowest BCUT2D eigenvalue weighted by atomic mass is 10.1. The van der Waals surface area contributed by atoms with E-state index in [1.165, 1.54) is 5.56 Å². The van der Waals surface area contributed by atoms with Crippen LogP contribution in [0.5, 0.6) is 0 Å². The fourth-order valence-corrected chi connectivity index (χ4v) is 3.09. The summed E-state index contributed by atoms with van der Waals surface area (Å²) in [6.07, 6.45) is 5.10. The molecule has 5 heteroatoms. The van der Waals surface area contributed by atoms with Gasteiger partial charge in [0.05, 0.1) is 23.1 Å². The minimum atomic E-state index is -0.0429. The highest BCUT2D eigenvalue weighted by Gasteiger charge is 2.22. The molecule has 1 aromatic carbocycles.